The van der Waals surface area contributed by atoms with Crippen molar-refractivity contribution in [1.82, 2.24) is 10.2 Å². The molecular weight excluding hydrogens is 469 g/mol. The SMILES string of the molecule is CCCCNC(=O)[C@@H](C)N(Cc1ccccc1F)C(=O)CN(c1ccccc1Cl)S(C)(=O)=O. The van der Waals surface area contributed by atoms with Crippen LogP contribution in [-0.2, 0) is 26.2 Å². The third-order valence-electron chi connectivity index (χ3n) is 5.10. The van der Waals surface area contributed by atoms with Gasteiger partial charge in [-0.25, -0.2) is 12.8 Å². The minimum absolute atomic E-state index is 0.140. The van der Waals surface area contributed by atoms with Gasteiger partial charge in [0.2, 0.25) is 21.8 Å². The van der Waals surface area contributed by atoms with Gasteiger partial charge < -0.3 is 10.2 Å². The number of benzene rings is 2. The van der Waals surface area contributed by atoms with Gasteiger partial charge in [-0.05, 0) is 31.5 Å². The van der Waals surface area contributed by atoms with Gasteiger partial charge >= 0.3 is 0 Å². The Balaban J connectivity index is 2.37. The van der Waals surface area contributed by atoms with Crippen LogP contribution in [0.4, 0.5) is 10.1 Å². The van der Waals surface area contributed by atoms with Gasteiger partial charge in [-0.2, -0.15) is 0 Å². The molecule has 2 amide bonds. The van der Waals surface area contributed by atoms with E-state index < -0.39 is 40.2 Å². The van der Waals surface area contributed by atoms with Crippen LogP contribution in [0.2, 0.25) is 5.02 Å². The highest BCUT2D eigenvalue weighted by Gasteiger charge is 2.31. The van der Waals surface area contributed by atoms with E-state index in [1.807, 2.05) is 6.92 Å². The smallest absolute Gasteiger partial charge is 0.244 e. The Morgan fingerprint density at radius 1 is 1.12 bits per heavy atom. The Hall–Kier alpha value is -2.65. The molecule has 0 aliphatic carbocycles. The van der Waals surface area contributed by atoms with Crippen LogP contribution in [0.5, 0.6) is 0 Å². The van der Waals surface area contributed by atoms with Crippen LogP contribution in [0, 0.1) is 5.82 Å². The van der Waals surface area contributed by atoms with Gasteiger partial charge in [0.15, 0.2) is 0 Å². The Bertz CT molecular complexity index is 1080. The molecule has 180 valence electrons. The lowest BCUT2D eigenvalue weighted by Crippen LogP contribution is -2.51. The maximum atomic E-state index is 14.3. The predicted molar refractivity (Wildman–Crippen MR) is 128 cm³/mol. The summed E-state index contributed by atoms with van der Waals surface area (Å²) in [6, 6.07) is 11.2. The Morgan fingerprint density at radius 2 is 1.76 bits per heavy atom. The number of rotatable bonds is 11. The number of hydrogen-bond acceptors (Lipinski definition) is 4. The molecule has 0 saturated carbocycles. The molecule has 0 aromatic heterocycles. The van der Waals surface area contributed by atoms with Crippen molar-refractivity contribution < 1.29 is 22.4 Å². The zero-order valence-corrected chi connectivity index (χ0v) is 20.5. The summed E-state index contributed by atoms with van der Waals surface area (Å²) in [5.74, 6) is -1.60. The fourth-order valence-corrected chi connectivity index (χ4v) is 4.33. The lowest BCUT2D eigenvalue weighted by atomic mass is 10.1. The van der Waals surface area contributed by atoms with Crippen molar-refractivity contribution in [3.63, 3.8) is 0 Å². The van der Waals surface area contributed by atoms with Crippen molar-refractivity contribution in [2.24, 2.45) is 0 Å². The van der Waals surface area contributed by atoms with E-state index in [2.05, 4.69) is 5.32 Å². The minimum Gasteiger partial charge on any atom is -0.354 e. The molecule has 0 fully saturated rings. The average Bonchev–Trinajstić information content (AvgIpc) is 2.76. The maximum Gasteiger partial charge on any atom is 0.244 e. The molecule has 10 heteroatoms. The highest BCUT2D eigenvalue weighted by Crippen LogP contribution is 2.27. The van der Waals surface area contributed by atoms with Crippen LogP contribution < -0.4 is 9.62 Å². The van der Waals surface area contributed by atoms with Crippen molar-refractivity contribution in [1.29, 1.82) is 0 Å². The Kier molecular flexibility index (Phi) is 9.67. The standard InChI is InChI=1S/C23H29ClFN3O4S/c1-4-5-14-26-23(30)17(2)27(15-18-10-6-8-12-20(18)25)22(29)16-28(33(3,31)32)21-13-9-7-11-19(21)24/h6-13,17H,4-5,14-16H2,1-3H3,(H,26,30)/t17-/m1/s1. The van der Waals surface area contributed by atoms with Crippen molar-refractivity contribution in [3.05, 3.63) is 64.9 Å². The summed E-state index contributed by atoms with van der Waals surface area (Å²) in [6.45, 7) is 3.16. The third-order valence-corrected chi connectivity index (χ3v) is 6.54. The van der Waals surface area contributed by atoms with Crippen molar-refractivity contribution in [2.75, 3.05) is 23.7 Å². The number of unbranched alkanes of at least 4 members (excludes halogenated alkanes) is 1. The fourth-order valence-electron chi connectivity index (χ4n) is 3.18. The van der Waals surface area contributed by atoms with E-state index in [4.69, 9.17) is 11.6 Å². The number of amides is 2. The zero-order valence-electron chi connectivity index (χ0n) is 18.9. The second kappa shape index (κ2) is 12.0. The average molecular weight is 498 g/mol. The lowest BCUT2D eigenvalue weighted by molar-refractivity contribution is -0.139. The van der Waals surface area contributed by atoms with Gasteiger partial charge in [0.25, 0.3) is 0 Å². The van der Waals surface area contributed by atoms with Crippen LogP contribution in [0.3, 0.4) is 0 Å². The second-order valence-electron chi connectivity index (χ2n) is 7.65. The summed E-state index contributed by atoms with van der Waals surface area (Å²) >= 11 is 6.18. The number of para-hydroxylation sites is 1. The van der Waals surface area contributed by atoms with Crippen molar-refractivity contribution >= 4 is 39.1 Å². The van der Waals surface area contributed by atoms with E-state index in [0.717, 1.165) is 23.4 Å². The number of nitrogens with zero attached hydrogens (tertiary/aromatic N) is 2. The number of halogens is 2. The van der Waals surface area contributed by atoms with Gasteiger partial charge in [-0.15, -0.1) is 0 Å². The summed E-state index contributed by atoms with van der Waals surface area (Å²) < 4.78 is 40.2. The van der Waals surface area contributed by atoms with Crippen LogP contribution in [0.15, 0.2) is 48.5 Å². The fraction of sp³-hybridized carbons (Fsp3) is 0.391. The highest BCUT2D eigenvalue weighted by molar-refractivity contribution is 7.92. The molecule has 1 atom stereocenters. The van der Waals surface area contributed by atoms with Crippen LogP contribution >= 0.6 is 11.6 Å². The minimum atomic E-state index is -3.89. The zero-order chi connectivity index (χ0) is 24.6. The largest absolute Gasteiger partial charge is 0.354 e. The third kappa shape index (κ3) is 7.43. The molecule has 0 heterocycles. The molecule has 33 heavy (non-hydrogen) atoms. The van der Waals surface area contributed by atoms with E-state index in [9.17, 15) is 22.4 Å². The molecule has 2 aromatic carbocycles. The molecule has 0 unspecified atom stereocenters. The monoisotopic (exact) mass is 497 g/mol. The quantitative estimate of drug-likeness (QED) is 0.481. The maximum absolute atomic E-state index is 14.3. The molecule has 0 aliphatic rings. The Labute approximate surface area is 199 Å². The lowest BCUT2D eigenvalue weighted by Gasteiger charge is -2.31. The normalized spacial score (nSPS) is 12.2. The number of sulfonamides is 1. The van der Waals surface area contributed by atoms with Gasteiger partial charge in [0, 0.05) is 18.7 Å². The molecule has 2 rings (SSSR count). The summed E-state index contributed by atoms with van der Waals surface area (Å²) in [6.07, 6.45) is 2.62. The molecule has 0 saturated heterocycles. The van der Waals surface area contributed by atoms with E-state index in [-0.39, 0.29) is 22.8 Å². The number of anilines is 1. The van der Waals surface area contributed by atoms with Crippen molar-refractivity contribution in [2.45, 2.75) is 39.3 Å². The first-order valence-corrected chi connectivity index (χ1v) is 12.8. The molecule has 0 bridgehead atoms. The van der Waals surface area contributed by atoms with Crippen LogP contribution in [0.1, 0.15) is 32.3 Å². The second-order valence-corrected chi connectivity index (χ2v) is 9.97. The highest BCUT2D eigenvalue weighted by atomic mass is 35.5. The van der Waals surface area contributed by atoms with E-state index in [0.29, 0.717) is 6.54 Å². The molecule has 0 radical (unpaired) electrons. The number of hydrogen-bond donors (Lipinski definition) is 1. The van der Waals surface area contributed by atoms with Crippen molar-refractivity contribution in [3.8, 4) is 0 Å². The van der Waals surface area contributed by atoms with Gasteiger partial charge in [-0.1, -0.05) is 55.3 Å². The van der Waals surface area contributed by atoms with Gasteiger partial charge in [0.1, 0.15) is 18.4 Å². The van der Waals surface area contributed by atoms with E-state index in [1.165, 1.54) is 42.2 Å². The summed E-state index contributed by atoms with van der Waals surface area (Å²) in [5, 5.41) is 2.92. The summed E-state index contributed by atoms with van der Waals surface area (Å²) in [4.78, 5) is 27.2. The Morgan fingerprint density at radius 3 is 2.36 bits per heavy atom. The van der Waals surface area contributed by atoms with Gasteiger partial charge in [0.05, 0.1) is 17.0 Å². The topological polar surface area (TPSA) is 86.8 Å². The predicted octanol–water partition coefficient (Wildman–Crippen LogP) is 3.58. The number of nitrogens with one attached hydrogen (secondary N) is 1. The van der Waals surface area contributed by atoms with E-state index in [1.54, 1.807) is 18.2 Å². The summed E-state index contributed by atoms with van der Waals surface area (Å²) in [5.41, 5.74) is 0.351. The first kappa shape index (κ1) is 26.6. The molecule has 1 N–H and O–H groups in total. The van der Waals surface area contributed by atoms with Crippen LogP contribution in [-0.4, -0.2) is 50.5 Å². The molecule has 0 aliphatic heterocycles. The number of carbonyl (C=O) groups excluding carboxylic acids is 2. The first-order chi connectivity index (χ1) is 15.6. The summed E-state index contributed by atoms with van der Waals surface area (Å²) in [7, 11) is -3.89. The first-order valence-electron chi connectivity index (χ1n) is 10.6. The molecule has 2 aromatic rings. The molecule has 7 nitrogen and oxygen atoms in total. The number of carbonyl (C=O) groups is 2. The van der Waals surface area contributed by atoms with Crippen LogP contribution in [0.25, 0.3) is 0 Å². The van der Waals surface area contributed by atoms with E-state index >= 15 is 0 Å². The molecular formula is C23H29ClFN3O4S. The van der Waals surface area contributed by atoms with Gasteiger partial charge in [-0.3, -0.25) is 13.9 Å². The molecule has 0 spiro atoms.